The molecule has 1 N–H and O–H groups in total. The highest BCUT2D eigenvalue weighted by Crippen LogP contribution is 1.93. The van der Waals surface area contributed by atoms with Gasteiger partial charge in [0, 0.05) is 13.1 Å². The van der Waals surface area contributed by atoms with Gasteiger partial charge in [-0.2, -0.15) is 5.06 Å². The lowest BCUT2D eigenvalue weighted by Crippen LogP contribution is -2.23. The predicted octanol–water partition coefficient (Wildman–Crippen LogP) is 1.11. The Bertz CT molecular complexity index is 45.3. The highest BCUT2D eigenvalue weighted by Gasteiger charge is 1.99. The Kier molecular flexibility index (Phi) is 2.96. The van der Waals surface area contributed by atoms with Crippen molar-refractivity contribution in [1.82, 2.24) is 5.06 Å². The van der Waals surface area contributed by atoms with E-state index in [1.165, 1.54) is 5.06 Å². The van der Waals surface area contributed by atoms with E-state index in [0.29, 0.717) is 6.04 Å². The monoisotopic (exact) mass is 103 g/mol. The smallest absolute Gasteiger partial charge is 0.0316 e. The van der Waals surface area contributed by atoms with Gasteiger partial charge in [0.15, 0.2) is 0 Å². The van der Waals surface area contributed by atoms with Gasteiger partial charge in [0.05, 0.1) is 0 Å². The van der Waals surface area contributed by atoms with Crippen LogP contribution in [0.5, 0.6) is 0 Å². The lowest BCUT2D eigenvalue weighted by Gasteiger charge is -2.14. The number of hydrogen-bond donors (Lipinski definition) is 1. The van der Waals surface area contributed by atoms with Gasteiger partial charge in [0.2, 0.25) is 0 Å². The first kappa shape index (κ1) is 6.92. The first-order chi connectivity index (χ1) is 3.18. The molecule has 0 saturated heterocycles. The van der Waals surface area contributed by atoms with Crippen LogP contribution in [0.4, 0.5) is 0 Å². The summed E-state index contributed by atoms with van der Waals surface area (Å²) in [6, 6.07) is 0.292. The normalized spacial score (nSPS) is 15.0. The van der Waals surface area contributed by atoms with Crippen molar-refractivity contribution >= 4 is 0 Å². The van der Waals surface area contributed by atoms with Gasteiger partial charge in [-0.1, -0.05) is 6.92 Å². The Morgan fingerprint density at radius 3 is 2.14 bits per heavy atom. The van der Waals surface area contributed by atoms with E-state index in [1.807, 2.05) is 13.8 Å². The van der Waals surface area contributed by atoms with Crippen LogP contribution in [0, 0.1) is 0 Å². The number of hydrogen-bond acceptors (Lipinski definition) is 2. The van der Waals surface area contributed by atoms with E-state index in [4.69, 9.17) is 5.21 Å². The Hall–Kier alpha value is -0.0800. The fourth-order valence-electron chi connectivity index (χ4n) is 0.264. The minimum Gasteiger partial charge on any atom is -0.314 e. The molecule has 2 heteroatoms. The molecule has 7 heavy (non-hydrogen) atoms. The van der Waals surface area contributed by atoms with Gasteiger partial charge in [-0.3, -0.25) is 0 Å². The second kappa shape index (κ2) is 2.99. The summed E-state index contributed by atoms with van der Waals surface area (Å²) in [5.74, 6) is 0. The van der Waals surface area contributed by atoms with Crippen molar-refractivity contribution in [2.24, 2.45) is 0 Å². The van der Waals surface area contributed by atoms with Gasteiger partial charge in [-0.15, -0.1) is 0 Å². The molecule has 0 heterocycles. The van der Waals surface area contributed by atoms with Gasteiger partial charge in [-0.05, 0) is 13.3 Å². The quantitative estimate of drug-likeness (QED) is 0.529. The topological polar surface area (TPSA) is 23.5 Å². The first-order valence-corrected chi connectivity index (χ1v) is 2.60. The molecule has 0 aromatic heterocycles. The van der Waals surface area contributed by atoms with Gasteiger partial charge in [-0.25, -0.2) is 0 Å². The van der Waals surface area contributed by atoms with Crippen molar-refractivity contribution in [2.75, 3.05) is 7.05 Å². The summed E-state index contributed by atoms with van der Waals surface area (Å²) < 4.78 is 0. The molecule has 0 rings (SSSR count). The SMILES string of the molecule is CCC(C)N(C)O. The molecule has 44 valence electrons. The first-order valence-electron chi connectivity index (χ1n) is 2.60. The Morgan fingerprint density at radius 1 is 1.71 bits per heavy atom. The van der Waals surface area contributed by atoms with Gasteiger partial charge in [0.25, 0.3) is 0 Å². The van der Waals surface area contributed by atoms with Crippen LogP contribution in [-0.4, -0.2) is 23.4 Å². The van der Waals surface area contributed by atoms with E-state index in [9.17, 15) is 0 Å². The third kappa shape index (κ3) is 2.60. The summed E-state index contributed by atoms with van der Waals surface area (Å²) in [5, 5.41) is 9.88. The summed E-state index contributed by atoms with van der Waals surface area (Å²) >= 11 is 0. The minimum atomic E-state index is 0.292. The zero-order valence-corrected chi connectivity index (χ0v) is 5.18. The van der Waals surface area contributed by atoms with Crippen molar-refractivity contribution in [3.63, 3.8) is 0 Å². The Balaban J connectivity index is 3.14. The molecule has 0 bridgehead atoms. The van der Waals surface area contributed by atoms with E-state index in [0.717, 1.165) is 6.42 Å². The van der Waals surface area contributed by atoms with E-state index in [1.54, 1.807) is 7.05 Å². The molecule has 0 radical (unpaired) electrons. The Morgan fingerprint density at radius 2 is 2.14 bits per heavy atom. The summed E-state index contributed by atoms with van der Waals surface area (Å²) in [5.41, 5.74) is 0. The van der Waals surface area contributed by atoms with Crippen LogP contribution in [0.2, 0.25) is 0 Å². The van der Waals surface area contributed by atoms with Crippen molar-refractivity contribution in [3.05, 3.63) is 0 Å². The fraction of sp³-hybridized carbons (Fsp3) is 1.00. The molecule has 0 fully saturated rings. The lowest BCUT2D eigenvalue weighted by atomic mass is 10.3. The maximum absolute atomic E-state index is 8.65. The molecule has 0 aromatic carbocycles. The molecule has 0 saturated carbocycles. The molecule has 0 aliphatic carbocycles. The molecule has 2 nitrogen and oxygen atoms in total. The van der Waals surface area contributed by atoms with Crippen LogP contribution in [0.15, 0.2) is 0 Å². The fourth-order valence-corrected chi connectivity index (χ4v) is 0.264. The summed E-state index contributed by atoms with van der Waals surface area (Å²) in [4.78, 5) is 0. The maximum Gasteiger partial charge on any atom is 0.0316 e. The minimum absolute atomic E-state index is 0.292. The predicted molar refractivity (Wildman–Crippen MR) is 29.3 cm³/mol. The third-order valence-corrected chi connectivity index (χ3v) is 1.23. The molecule has 1 atom stereocenters. The average molecular weight is 103 g/mol. The highest BCUT2D eigenvalue weighted by atomic mass is 16.5. The van der Waals surface area contributed by atoms with Gasteiger partial charge in [0.1, 0.15) is 0 Å². The standard InChI is InChI=1S/C5H13NO/c1-4-5(2)6(3)7/h5,7H,4H2,1-3H3. The molecular weight excluding hydrogens is 90.1 g/mol. The molecule has 0 amide bonds. The molecule has 0 aliphatic heterocycles. The second-order valence-electron chi connectivity index (χ2n) is 1.83. The summed E-state index contributed by atoms with van der Waals surface area (Å²) in [6.45, 7) is 4.01. The average Bonchev–Trinajstić information content (AvgIpc) is 1.65. The summed E-state index contributed by atoms with van der Waals surface area (Å²) in [7, 11) is 1.66. The zero-order chi connectivity index (χ0) is 5.86. The second-order valence-corrected chi connectivity index (χ2v) is 1.83. The zero-order valence-electron chi connectivity index (χ0n) is 5.18. The molecule has 0 aromatic rings. The molecule has 1 unspecified atom stereocenters. The molecular formula is C5H13NO. The van der Waals surface area contributed by atoms with Crippen molar-refractivity contribution in [3.8, 4) is 0 Å². The summed E-state index contributed by atoms with van der Waals surface area (Å²) in [6.07, 6.45) is 0.993. The van der Waals surface area contributed by atoms with Crippen molar-refractivity contribution in [2.45, 2.75) is 26.3 Å². The van der Waals surface area contributed by atoms with E-state index in [-0.39, 0.29) is 0 Å². The number of rotatable bonds is 2. The maximum atomic E-state index is 8.65. The van der Waals surface area contributed by atoms with E-state index >= 15 is 0 Å². The molecule has 0 aliphatic rings. The van der Waals surface area contributed by atoms with Gasteiger partial charge >= 0.3 is 0 Å². The molecule has 0 spiro atoms. The van der Waals surface area contributed by atoms with Crippen LogP contribution in [0.1, 0.15) is 20.3 Å². The Labute approximate surface area is 44.7 Å². The van der Waals surface area contributed by atoms with Crippen molar-refractivity contribution < 1.29 is 5.21 Å². The van der Waals surface area contributed by atoms with Crippen LogP contribution in [-0.2, 0) is 0 Å². The van der Waals surface area contributed by atoms with Crippen molar-refractivity contribution in [1.29, 1.82) is 0 Å². The third-order valence-electron chi connectivity index (χ3n) is 1.23. The number of hydroxylamine groups is 2. The van der Waals surface area contributed by atoms with Crippen LogP contribution in [0.3, 0.4) is 0 Å². The van der Waals surface area contributed by atoms with Crippen LogP contribution in [0.25, 0.3) is 0 Å². The van der Waals surface area contributed by atoms with Crippen LogP contribution >= 0.6 is 0 Å². The highest BCUT2D eigenvalue weighted by molar-refractivity contribution is 4.48. The van der Waals surface area contributed by atoms with Gasteiger partial charge < -0.3 is 5.21 Å². The van der Waals surface area contributed by atoms with E-state index < -0.39 is 0 Å². The van der Waals surface area contributed by atoms with E-state index in [2.05, 4.69) is 0 Å². The van der Waals surface area contributed by atoms with Crippen LogP contribution < -0.4 is 0 Å². The lowest BCUT2D eigenvalue weighted by molar-refractivity contribution is -0.0973. The largest absolute Gasteiger partial charge is 0.314 e. The number of nitrogens with zero attached hydrogens (tertiary/aromatic N) is 1.